The molecule has 0 bridgehead atoms. The van der Waals surface area contributed by atoms with Crippen molar-refractivity contribution in [3.8, 4) is 0 Å². The summed E-state index contributed by atoms with van der Waals surface area (Å²) in [6, 6.07) is 20.4. The van der Waals surface area contributed by atoms with Crippen LogP contribution in [0, 0.1) is 20.8 Å². The Bertz CT molecular complexity index is 1420. The van der Waals surface area contributed by atoms with E-state index in [0.717, 1.165) is 38.8 Å². The fourth-order valence-electron chi connectivity index (χ4n) is 4.97. The molecule has 1 aromatic heterocycles. The number of rotatable bonds is 3. The second-order valence-corrected chi connectivity index (χ2v) is 10.5. The third-order valence-electron chi connectivity index (χ3n) is 6.33. The minimum Gasteiger partial charge on any atom is -0.353 e. The number of aromatic nitrogens is 1. The van der Waals surface area contributed by atoms with E-state index in [-0.39, 0.29) is 0 Å². The molecule has 5 rings (SSSR count). The van der Waals surface area contributed by atoms with E-state index in [1.54, 1.807) is 4.31 Å². The molecule has 5 nitrogen and oxygen atoms in total. The van der Waals surface area contributed by atoms with Crippen molar-refractivity contribution in [3.05, 3.63) is 77.4 Å². The SMILES string of the molecule is Cc1cc(C)c(S(=O)(=O)N2CCN(c3nc4ccccc4c4ccccc34)CC2)c(C)c1. The van der Waals surface area contributed by atoms with Gasteiger partial charge in [-0.3, -0.25) is 0 Å². The molecule has 0 saturated carbocycles. The topological polar surface area (TPSA) is 53.5 Å². The molecule has 4 aromatic rings. The van der Waals surface area contributed by atoms with Gasteiger partial charge in [-0.25, -0.2) is 13.4 Å². The number of pyridine rings is 1. The molecule has 0 spiro atoms. The van der Waals surface area contributed by atoms with E-state index in [9.17, 15) is 8.42 Å². The highest BCUT2D eigenvalue weighted by Crippen LogP contribution is 2.32. The van der Waals surface area contributed by atoms with E-state index in [1.165, 1.54) is 5.39 Å². The first-order chi connectivity index (χ1) is 15.4. The molecular weight excluding hydrogens is 418 g/mol. The number of hydrogen-bond acceptors (Lipinski definition) is 4. The van der Waals surface area contributed by atoms with Crippen LogP contribution in [0.4, 0.5) is 5.82 Å². The number of benzene rings is 3. The van der Waals surface area contributed by atoms with Crippen LogP contribution in [0.2, 0.25) is 0 Å². The second-order valence-electron chi connectivity index (χ2n) is 8.62. The Kier molecular flexibility index (Phi) is 5.14. The van der Waals surface area contributed by atoms with E-state index >= 15 is 0 Å². The standard InChI is InChI=1S/C26H27N3O2S/c1-18-16-19(2)25(20(3)17-18)32(30,31)29-14-12-28(13-15-29)26-23-10-5-4-8-21(23)22-9-6-7-11-24(22)27-26/h4-11,16-17H,12-15H2,1-3H3. The lowest BCUT2D eigenvalue weighted by Gasteiger charge is -2.35. The zero-order chi connectivity index (χ0) is 22.5. The van der Waals surface area contributed by atoms with E-state index in [4.69, 9.17) is 4.98 Å². The smallest absolute Gasteiger partial charge is 0.243 e. The summed E-state index contributed by atoms with van der Waals surface area (Å²) in [5.74, 6) is 0.930. The molecule has 1 fully saturated rings. The Labute approximate surface area is 189 Å². The highest BCUT2D eigenvalue weighted by molar-refractivity contribution is 7.89. The molecule has 6 heteroatoms. The molecule has 0 atom stereocenters. The van der Waals surface area contributed by atoms with Gasteiger partial charge in [-0.1, -0.05) is 60.2 Å². The van der Waals surface area contributed by atoms with Crippen molar-refractivity contribution in [2.75, 3.05) is 31.1 Å². The molecular formula is C26H27N3O2S. The Morgan fingerprint density at radius 3 is 1.97 bits per heavy atom. The van der Waals surface area contributed by atoms with Crippen molar-refractivity contribution >= 4 is 37.5 Å². The number of piperazine rings is 1. The van der Waals surface area contributed by atoms with Crippen molar-refractivity contribution in [1.29, 1.82) is 0 Å². The van der Waals surface area contributed by atoms with Gasteiger partial charge in [-0.05, 0) is 43.4 Å². The fraction of sp³-hybridized carbons (Fsp3) is 0.269. The Morgan fingerprint density at radius 1 is 0.750 bits per heavy atom. The number of anilines is 1. The van der Waals surface area contributed by atoms with Crippen molar-refractivity contribution in [2.24, 2.45) is 0 Å². The summed E-state index contributed by atoms with van der Waals surface area (Å²) in [4.78, 5) is 7.64. The van der Waals surface area contributed by atoms with Crippen molar-refractivity contribution in [3.63, 3.8) is 0 Å². The van der Waals surface area contributed by atoms with E-state index in [1.807, 2.05) is 57.2 Å². The minimum absolute atomic E-state index is 0.442. The lowest BCUT2D eigenvalue weighted by Crippen LogP contribution is -2.49. The third kappa shape index (κ3) is 3.44. The van der Waals surface area contributed by atoms with Gasteiger partial charge < -0.3 is 4.90 Å². The van der Waals surface area contributed by atoms with Gasteiger partial charge in [-0.2, -0.15) is 4.31 Å². The number of aryl methyl sites for hydroxylation is 3. The molecule has 1 saturated heterocycles. The molecule has 0 unspecified atom stereocenters. The molecule has 0 aliphatic carbocycles. The van der Waals surface area contributed by atoms with Gasteiger partial charge in [0.15, 0.2) is 0 Å². The van der Waals surface area contributed by atoms with Crippen molar-refractivity contribution in [2.45, 2.75) is 25.7 Å². The van der Waals surface area contributed by atoms with Crippen molar-refractivity contribution < 1.29 is 8.42 Å². The van der Waals surface area contributed by atoms with Gasteiger partial charge in [0.05, 0.1) is 10.4 Å². The maximum absolute atomic E-state index is 13.5. The highest BCUT2D eigenvalue weighted by atomic mass is 32.2. The predicted molar refractivity (Wildman–Crippen MR) is 131 cm³/mol. The monoisotopic (exact) mass is 445 g/mol. The summed E-state index contributed by atoms with van der Waals surface area (Å²) in [7, 11) is -3.54. The highest BCUT2D eigenvalue weighted by Gasteiger charge is 2.31. The average molecular weight is 446 g/mol. The number of hydrogen-bond donors (Lipinski definition) is 0. The summed E-state index contributed by atoms with van der Waals surface area (Å²) in [6.07, 6.45) is 0. The van der Waals surface area contributed by atoms with Crippen LogP contribution in [0.1, 0.15) is 16.7 Å². The molecule has 1 aliphatic rings. The zero-order valence-electron chi connectivity index (χ0n) is 18.7. The summed E-state index contributed by atoms with van der Waals surface area (Å²) in [5, 5.41) is 3.42. The van der Waals surface area contributed by atoms with Crippen LogP contribution in [0.25, 0.3) is 21.7 Å². The van der Waals surface area contributed by atoms with Crippen LogP contribution in [0.3, 0.4) is 0 Å². The van der Waals surface area contributed by atoms with Crippen molar-refractivity contribution in [1.82, 2.24) is 9.29 Å². The average Bonchev–Trinajstić information content (AvgIpc) is 2.78. The Morgan fingerprint density at radius 2 is 1.31 bits per heavy atom. The van der Waals surface area contributed by atoms with Crippen LogP contribution in [-0.4, -0.2) is 43.9 Å². The van der Waals surface area contributed by atoms with Crippen LogP contribution in [0.5, 0.6) is 0 Å². The molecule has 3 aromatic carbocycles. The van der Waals surface area contributed by atoms with Gasteiger partial charge in [-0.15, -0.1) is 0 Å². The first-order valence-electron chi connectivity index (χ1n) is 11.0. The lowest BCUT2D eigenvalue weighted by atomic mass is 10.1. The minimum atomic E-state index is -3.54. The molecule has 32 heavy (non-hydrogen) atoms. The number of nitrogens with zero attached hydrogens (tertiary/aromatic N) is 3. The molecule has 2 heterocycles. The maximum Gasteiger partial charge on any atom is 0.243 e. The Balaban J connectivity index is 1.47. The first-order valence-corrected chi connectivity index (χ1v) is 12.4. The fourth-order valence-corrected chi connectivity index (χ4v) is 6.80. The lowest BCUT2D eigenvalue weighted by molar-refractivity contribution is 0.384. The van der Waals surface area contributed by atoms with Gasteiger partial charge >= 0.3 is 0 Å². The van der Waals surface area contributed by atoms with Crippen LogP contribution in [0.15, 0.2) is 65.6 Å². The molecule has 1 aliphatic heterocycles. The number of fused-ring (bicyclic) bond motifs is 3. The van der Waals surface area contributed by atoms with E-state index in [0.29, 0.717) is 31.1 Å². The maximum atomic E-state index is 13.5. The second kappa shape index (κ2) is 7.87. The summed E-state index contributed by atoms with van der Waals surface area (Å²) < 4.78 is 28.5. The molecule has 0 N–H and O–H groups in total. The summed E-state index contributed by atoms with van der Waals surface area (Å²) in [6.45, 7) is 7.87. The van der Waals surface area contributed by atoms with Crippen LogP contribution < -0.4 is 4.90 Å². The number of sulfonamides is 1. The van der Waals surface area contributed by atoms with Gasteiger partial charge in [0.25, 0.3) is 0 Å². The third-order valence-corrected chi connectivity index (χ3v) is 8.53. The number of para-hydroxylation sites is 1. The molecule has 0 radical (unpaired) electrons. The first kappa shape index (κ1) is 20.9. The molecule has 0 amide bonds. The molecule has 164 valence electrons. The van der Waals surface area contributed by atoms with Gasteiger partial charge in [0.1, 0.15) is 5.82 Å². The zero-order valence-corrected chi connectivity index (χ0v) is 19.5. The van der Waals surface area contributed by atoms with Crippen LogP contribution in [-0.2, 0) is 10.0 Å². The normalized spacial score (nSPS) is 15.5. The van der Waals surface area contributed by atoms with E-state index in [2.05, 4.69) is 29.2 Å². The van der Waals surface area contributed by atoms with Gasteiger partial charge in [0.2, 0.25) is 10.0 Å². The predicted octanol–water partition coefficient (Wildman–Crippen LogP) is 4.82. The van der Waals surface area contributed by atoms with Crippen LogP contribution >= 0.6 is 0 Å². The van der Waals surface area contributed by atoms with E-state index < -0.39 is 10.0 Å². The summed E-state index contributed by atoms with van der Waals surface area (Å²) in [5.41, 5.74) is 3.67. The van der Waals surface area contributed by atoms with Gasteiger partial charge in [0, 0.05) is 37.0 Å². The largest absolute Gasteiger partial charge is 0.353 e. The quantitative estimate of drug-likeness (QED) is 0.424. The Hall–Kier alpha value is -2.96. The summed E-state index contributed by atoms with van der Waals surface area (Å²) >= 11 is 0.